The number of para-hydroxylation sites is 1. The fourth-order valence-electron chi connectivity index (χ4n) is 3.16. The number of anilines is 2. The van der Waals surface area contributed by atoms with E-state index in [1.54, 1.807) is 11.8 Å². The molecule has 3 heteroatoms. The number of benzene rings is 3. The molecule has 2 nitrogen and oxygen atoms in total. The van der Waals surface area contributed by atoms with Gasteiger partial charge in [-0.25, -0.2) is 0 Å². The van der Waals surface area contributed by atoms with E-state index in [9.17, 15) is 4.79 Å². The summed E-state index contributed by atoms with van der Waals surface area (Å²) in [5, 5.41) is 0. The third-order valence-electron chi connectivity index (χ3n) is 4.46. The highest BCUT2D eigenvalue weighted by Crippen LogP contribution is 2.40. The lowest BCUT2D eigenvalue weighted by atomic mass is 10.1. The molecule has 0 fully saturated rings. The zero-order chi connectivity index (χ0) is 17.9. The Morgan fingerprint density at radius 1 is 0.846 bits per heavy atom. The number of carbonyl (C=O) groups excluding carboxylic acids is 1. The monoisotopic (exact) mass is 357 g/mol. The molecule has 3 aromatic rings. The second-order valence-electron chi connectivity index (χ2n) is 6.11. The topological polar surface area (TPSA) is 20.3 Å². The first-order chi connectivity index (χ1) is 12.8. The molecule has 1 aliphatic rings. The van der Waals surface area contributed by atoms with Crippen LogP contribution in [0.3, 0.4) is 0 Å². The summed E-state index contributed by atoms with van der Waals surface area (Å²) >= 11 is 1.55. The van der Waals surface area contributed by atoms with Crippen molar-refractivity contribution in [2.75, 3.05) is 11.4 Å². The first-order valence-corrected chi connectivity index (χ1v) is 9.54. The maximum atomic E-state index is 12.5. The third kappa shape index (κ3) is 3.18. The summed E-state index contributed by atoms with van der Waals surface area (Å²) in [6.07, 6.45) is 1.98. The molecule has 0 aliphatic carbocycles. The number of rotatable bonds is 4. The molecule has 128 valence electrons. The quantitative estimate of drug-likeness (QED) is 0.520. The second kappa shape index (κ2) is 7.22. The average molecular weight is 357 g/mol. The Balaban J connectivity index is 1.58. The van der Waals surface area contributed by atoms with Gasteiger partial charge in [-0.2, -0.15) is 0 Å². The first kappa shape index (κ1) is 16.7. The lowest BCUT2D eigenvalue weighted by Crippen LogP contribution is -2.15. The Morgan fingerprint density at radius 3 is 2.19 bits per heavy atom. The van der Waals surface area contributed by atoms with Gasteiger partial charge in [0, 0.05) is 28.4 Å². The van der Waals surface area contributed by atoms with Gasteiger partial charge in [-0.15, -0.1) is 0 Å². The minimum atomic E-state index is 0.120. The molecule has 0 saturated heterocycles. The van der Waals surface area contributed by atoms with Crippen LogP contribution in [0.25, 0.3) is 6.08 Å². The van der Waals surface area contributed by atoms with Crippen molar-refractivity contribution in [3.8, 4) is 0 Å². The van der Waals surface area contributed by atoms with Crippen LogP contribution in [0.5, 0.6) is 0 Å². The molecule has 1 aliphatic heterocycles. The molecule has 3 aromatic carbocycles. The number of hydrogen-bond acceptors (Lipinski definition) is 3. The van der Waals surface area contributed by atoms with E-state index in [0.717, 1.165) is 33.2 Å². The molecule has 0 radical (unpaired) electrons. The number of thioether (sulfide) groups is 1. The van der Waals surface area contributed by atoms with Gasteiger partial charge in [-0.05, 0) is 55.0 Å². The maximum absolute atomic E-state index is 12.5. The van der Waals surface area contributed by atoms with E-state index in [4.69, 9.17) is 0 Å². The van der Waals surface area contributed by atoms with E-state index in [1.165, 1.54) is 5.69 Å². The summed E-state index contributed by atoms with van der Waals surface area (Å²) in [5.74, 6) is 0.120. The molecule has 0 unspecified atom stereocenters. The molecule has 0 aromatic heterocycles. The van der Waals surface area contributed by atoms with E-state index in [-0.39, 0.29) is 5.78 Å². The van der Waals surface area contributed by atoms with E-state index < -0.39 is 0 Å². The fourth-order valence-corrected chi connectivity index (χ4v) is 4.21. The molecule has 1 heterocycles. The summed E-state index contributed by atoms with van der Waals surface area (Å²) in [4.78, 5) is 16.6. The number of fused-ring (bicyclic) bond motifs is 1. The van der Waals surface area contributed by atoms with Gasteiger partial charge in [0.15, 0.2) is 0 Å². The normalized spacial score (nSPS) is 14.5. The van der Waals surface area contributed by atoms with Crippen molar-refractivity contribution in [2.45, 2.75) is 11.8 Å². The van der Waals surface area contributed by atoms with Crippen LogP contribution in [0.4, 0.5) is 11.4 Å². The van der Waals surface area contributed by atoms with Crippen LogP contribution in [0.1, 0.15) is 22.8 Å². The SMILES string of the molecule is CCN(c1ccccc1)c1ccc(/C=C2/Sc3ccccc3C2=O)cc1. The van der Waals surface area contributed by atoms with Gasteiger partial charge in [0.25, 0.3) is 0 Å². The lowest BCUT2D eigenvalue weighted by Gasteiger charge is -2.23. The van der Waals surface area contributed by atoms with Crippen LogP contribution in [-0.2, 0) is 0 Å². The number of ketones is 1. The largest absolute Gasteiger partial charge is 0.342 e. The van der Waals surface area contributed by atoms with Gasteiger partial charge in [-0.1, -0.05) is 54.2 Å². The molecule has 0 saturated carbocycles. The maximum Gasteiger partial charge on any atom is 0.200 e. The highest BCUT2D eigenvalue weighted by atomic mass is 32.2. The Kier molecular flexibility index (Phi) is 4.63. The molecular weight excluding hydrogens is 338 g/mol. The van der Waals surface area contributed by atoms with E-state index in [2.05, 4.69) is 60.4 Å². The minimum Gasteiger partial charge on any atom is -0.342 e. The zero-order valence-corrected chi connectivity index (χ0v) is 15.4. The van der Waals surface area contributed by atoms with Gasteiger partial charge in [0.05, 0.1) is 4.91 Å². The molecular formula is C23H19NOS. The van der Waals surface area contributed by atoms with Crippen LogP contribution in [0.2, 0.25) is 0 Å². The number of carbonyl (C=O) groups is 1. The summed E-state index contributed by atoms with van der Waals surface area (Å²) < 4.78 is 0. The smallest absolute Gasteiger partial charge is 0.200 e. The Morgan fingerprint density at radius 2 is 1.50 bits per heavy atom. The molecule has 0 atom stereocenters. The fraction of sp³-hybridized carbons (Fsp3) is 0.0870. The van der Waals surface area contributed by atoms with E-state index in [0.29, 0.717) is 0 Å². The predicted octanol–water partition coefficient (Wildman–Crippen LogP) is 6.17. The molecule has 26 heavy (non-hydrogen) atoms. The highest BCUT2D eigenvalue weighted by Gasteiger charge is 2.25. The van der Waals surface area contributed by atoms with Gasteiger partial charge < -0.3 is 4.90 Å². The molecule has 0 bridgehead atoms. The van der Waals surface area contributed by atoms with Crippen molar-refractivity contribution in [3.63, 3.8) is 0 Å². The van der Waals surface area contributed by atoms with E-state index >= 15 is 0 Å². The van der Waals surface area contributed by atoms with Crippen molar-refractivity contribution in [1.82, 2.24) is 0 Å². The number of Topliss-reactive ketones (excluding diaryl/α,β-unsaturated/α-hetero) is 1. The van der Waals surface area contributed by atoms with E-state index in [1.807, 2.05) is 36.4 Å². The summed E-state index contributed by atoms with van der Waals surface area (Å²) in [5.41, 5.74) is 4.18. The zero-order valence-electron chi connectivity index (χ0n) is 14.6. The third-order valence-corrected chi connectivity index (χ3v) is 5.56. The van der Waals surface area contributed by atoms with Crippen molar-refractivity contribution >= 4 is 35.0 Å². The molecule has 0 amide bonds. The summed E-state index contributed by atoms with van der Waals surface area (Å²) in [6, 6.07) is 26.5. The van der Waals surface area contributed by atoms with Crippen LogP contribution in [0.15, 0.2) is 88.7 Å². The highest BCUT2D eigenvalue weighted by molar-refractivity contribution is 8.04. The van der Waals surface area contributed by atoms with Gasteiger partial charge >= 0.3 is 0 Å². The predicted molar refractivity (Wildman–Crippen MR) is 110 cm³/mol. The van der Waals surface area contributed by atoms with Crippen LogP contribution < -0.4 is 4.90 Å². The Bertz CT molecular complexity index is 961. The first-order valence-electron chi connectivity index (χ1n) is 8.72. The minimum absolute atomic E-state index is 0.120. The van der Waals surface area contributed by atoms with Crippen molar-refractivity contribution in [2.24, 2.45) is 0 Å². The van der Waals surface area contributed by atoms with Crippen molar-refractivity contribution in [3.05, 3.63) is 94.9 Å². The van der Waals surface area contributed by atoms with Crippen LogP contribution in [-0.4, -0.2) is 12.3 Å². The van der Waals surface area contributed by atoms with Crippen molar-refractivity contribution < 1.29 is 4.79 Å². The molecule has 0 spiro atoms. The summed E-state index contributed by atoms with van der Waals surface area (Å²) in [6.45, 7) is 3.04. The number of allylic oxidation sites excluding steroid dienone is 1. The van der Waals surface area contributed by atoms with Crippen molar-refractivity contribution in [1.29, 1.82) is 0 Å². The van der Waals surface area contributed by atoms with Gasteiger partial charge in [0.2, 0.25) is 5.78 Å². The number of nitrogens with zero attached hydrogens (tertiary/aromatic N) is 1. The number of hydrogen-bond donors (Lipinski definition) is 0. The molecule has 4 rings (SSSR count). The van der Waals surface area contributed by atoms with Gasteiger partial charge in [0.1, 0.15) is 0 Å². The standard InChI is InChI=1S/C23H19NOS/c1-2-24(18-8-4-3-5-9-18)19-14-12-17(13-15-19)16-22-23(25)20-10-6-7-11-21(20)26-22/h3-16H,2H2,1H3/b22-16+. The lowest BCUT2D eigenvalue weighted by molar-refractivity contribution is 0.104. The van der Waals surface area contributed by atoms with Crippen LogP contribution in [0, 0.1) is 0 Å². The second-order valence-corrected chi connectivity index (χ2v) is 7.19. The Hall–Kier alpha value is -2.78. The average Bonchev–Trinajstić information content (AvgIpc) is 3.00. The van der Waals surface area contributed by atoms with Crippen LogP contribution >= 0.6 is 11.8 Å². The van der Waals surface area contributed by atoms with Gasteiger partial charge in [-0.3, -0.25) is 4.79 Å². The Labute approximate surface area is 158 Å². The summed E-state index contributed by atoms with van der Waals surface area (Å²) in [7, 11) is 0. The molecule has 0 N–H and O–H groups in total.